The Morgan fingerprint density at radius 3 is 1.80 bits per heavy atom. The van der Waals surface area contributed by atoms with Gasteiger partial charge in [-0.15, -0.1) is 0 Å². The van der Waals surface area contributed by atoms with Crippen molar-refractivity contribution in [3.8, 4) is 11.5 Å². The zero-order valence-electron chi connectivity index (χ0n) is 12.2. The van der Waals surface area contributed by atoms with Crippen molar-refractivity contribution < 1.29 is 9.47 Å². The minimum absolute atomic E-state index is 0.286. The monoisotopic (exact) mass is 271 g/mol. The number of hydrogen-bond acceptors (Lipinski definition) is 3. The van der Waals surface area contributed by atoms with Crippen LogP contribution in [-0.4, -0.2) is 21.3 Å². The molecule has 0 aliphatic heterocycles. The predicted molar refractivity (Wildman–Crippen MR) is 81.5 cm³/mol. The van der Waals surface area contributed by atoms with Gasteiger partial charge in [0, 0.05) is 6.04 Å². The summed E-state index contributed by atoms with van der Waals surface area (Å²) in [7, 11) is 5.35. The highest BCUT2D eigenvalue weighted by molar-refractivity contribution is 5.32. The Morgan fingerprint density at radius 1 is 0.850 bits per heavy atom. The van der Waals surface area contributed by atoms with E-state index in [1.807, 2.05) is 31.3 Å². The molecule has 0 radical (unpaired) electrons. The molecular formula is C17H21NO2. The second-order valence-corrected chi connectivity index (χ2v) is 4.67. The second-order valence-electron chi connectivity index (χ2n) is 4.67. The van der Waals surface area contributed by atoms with Gasteiger partial charge in [-0.25, -0.2) is 0 Å². The van der Waals surface area contributed by atoms with Crippen LogP contribution in [0.25, 0.3) is 0 Å². The number of hydrogen-bond donors (Lipinski definition) is 1. The lowest BCUT2D eigenvalue weighted by Gasteiger charge is -2.17. The molecule has 2 aromatic rings. The Labute approximate surface area is 120 Å². The van der Waals surface area contributed by atoms with E-state index >= 15 is 0 Å². The van der Waals surface area contributed by atoms with Crippen molar-refractivity contribution in [3.63, 3.8) is 0 Å². The van der Waals surface area contributed by atoms with Crippen LogP contribution >= 0.6 is 0 Å². The number of methoxy groups -OCH3 is 2. The van der Waals surface area contributed by atoms with Gasteiger partial charge >= 0.3 is 0 Å². The summed E-state index contributed by atoms with van der Waals surface area (Å²) < 4.78 is 10.4. The molecule has 0 bridgehead atoms. The van der Waals surface area contributed by atoms with Gasteiger partial charge in [0.05, 0.1) is 14.2 Å². The van der Waals surface area contributed by atoms with Crippen LogP contribution in [0.1, 0.15) is 17.2 Å². The summed E-state index contributed by atoms with van der Waals surface area (Å²) in [5, 5.41) is 3.36. The highest BCUT2D eigenvalue weighted by Crippen LogP contribution is 2.22. The normalized spacial score (nSPS) is 11.9. The highest BCUT2D eigenvalue weighted by atomic mass is 16.5. The first-order valence-electron chi connectivity index (χ1n) is 6.71. The maximum absolute atomic E-state index is 5.19. The first kappa shape index (κ1) is 14.4. The van der Waals surface area contributed by atoms with Gasteiger partial charge in [0.15, 0.2) is 0 Å². The molecular weight excluding hydrogens is 250 g/mol. The fourth-order valence-corrected chi connectivity index (χ4v) is 2.22. The van der Waals surface area contributed by atoms with E-state index in [4.69, 9.17) is 9.47 Å². The summed E-state index contributed by atoms with van der Waals surface area (Å²) in [6.45, 7) is 0. The van der Waals surface area contributed by atoms with Crippen molar-refractivity contribution in [2.45, 2.75) is 12.5 Å². The molecule has 1 atom stereocenters. The number of ether oxygens (including phenoxy) is 2. The molecule has 0 fully saturated rings. The van der Waals surface area contributed by atoms with E-state index in [0.29, 0.717) is 0 Å². The average Bonchev–Trinajstić information content (AvgIpc) is 2.53. The smallest absolute Gasteiger partial charge is 0.118 e. The number of rotatable bonds is 6. The maximum Gasteiger partial charge on any atom is 0.118 e. The molecule has 3 nitrogen and oxygen atoms in total. The van der Waals surface area contributed by atoms with Crippen LogP contribution in [0.4, 0.5) is 0 Å². The van der Waals surface area contributed by atoms with E-state index in [2.05, 4.69) is 29.6 Å². The van der Waals surface area contributed by atoms with Crippen molar-refractivity contribution in [1.29, 1.82) is 0 Å². The van der Waals surface area contributed by atoms with Crippen LogP contribution < -0.4 is 14.8 Å². The number of nitrogens with one attached hydrogen (secondary N) is 1. The van der Waals surface area contributed by atoms with Gasteiger partial charge < -0.3 is 14.8 Å². The van der Waals surface area contributed by atoms with Crippen LogP contribution in [0.15, 0.2) is 48.5 Å². The molecule has 0 aliphatic rings. The lowest BCUT2D eigenvalue weighted by molar-refractivity contribution is 0.414. The van der Waals surface area contributed by atoms with Crippen LogP contribution in [-0.2, 0) is 6.42 Å². The molecule has 0 saturated carbocycles. The molecule has 0 saturated heterocycles. The molecule has 20 heavy (non-hydrogen) atoms. The molecule has 0 aromatic heterocycles. The van der Waals surface area contributed by atoms with Crippen LogP contribution in [0.2, 0.25) is 0 Å². The maximum atomic E-state index is 5.19. The number of likely N-dealkylation sites (N-methyl/N-ethyl adjacent to an activating group) is 1. The van der Waals surface area contributed by atoms with Crippen molar-refractivity contribution in [3.05, 3.63) is 59.7 Å². The van der Waals surface area contributed by atoms with Crippen LogP contribution in [0.3, 0.4) is 0 Å². The first-order chi connectivity index (χ1) is 9.76. The summed E-state index contributed by atoms with van der Waals surface area (Å²) in [5.41, 5.74) is 2.53. The fourth-order valence-electron chi connectivity index (χ4n) is 2.22. The Balaban J connectivity index is 2.10. The third-order valence-corrected chi connectivity index (χ3v) is 3.47. The summed E-state index contributed by atoms with van der Waals surface area (Å²) in [6.07, 6.45) is 0.937. The van der Waals surface area contributed by atoms with E-state index < -0.39 is 0 Å². The quantitative estimate of drug-likeness (QED) is 0.875. The Bertz CT molecular complexity index is 520. The Kier molecular flexibility index (Phi) is 5.02. The van der Waals surface area contributed by atoms with E-state index in [1.165, 1.54) is 11.1 Å². The van der Waals surface area contributed by atoms with Gasteiger partial charge in [0.1, 0.15) is 11.5 Å². The molecule has 3 heteroatoms. The van der Waals surface area contributed by atoms with Gasteiger partial charge in [-0.05, 0) is 48.9 Å². The molecule has 0 heterocycles. The SMILES string of the molecule is CN[C@H](Cc1ccc(OC)cc1)c1ccc(OC)cc1. The third-order valence-electron chi connectivity index (χ3n) is 3.47. The summed E-state index contributed by atoms with van der Waals surface area (Å²) in [4.78, 5) is 0. The predicted octanol–water partition coefficient (Wildman–Crippen LogP) is 3.21. The van der Waals surface area contributed by atoms with Gasteiger partial charge in [0.25, 0.3) is 0 Å². The third kappa shape index (κ3) is 3.52. The second kappa shape index (κ2) is 6.96. The van der Waals surface area contributed by atoms with Crippen molar-refractivity contribution >= 4 is 0 Å². The first-order valence-corrected chi connectivity index (χ1v) is 6.71. The number of benzene rings is 2. The molecule has 0 aliphatic carbocycles. The summed E-state index contributed by atoms with van der Waals surface area (Å²) in [6, 6.07) is 16.7. The van der Waals surface area contributed by atoms with Crippen molar-refractivity contribution in [1.82, 2.24) is 5.32 Å². The van der Waals surface area contributed by atoms with Crippen molar-refractivity contribution in [2.24, 2.45) is 0 Å². The highest BCUT2D eigenvalue weighted by Gasteiger charge is 2.10. The molecule has 0 amide bonds. The fraction of sp³-hybridized carbons (Fsp3) is 0.294. The van der Waals surface area contributed by atoms with E-state index in [1.54, 1.807) is 14.2 Å². The van der Waals surface area contributed by atoms with Gasteiger partial charge in [-0.1, -0.05) is 24.3 Å². The lowest BCUT2D eigenvalue weighted by atomic mass is 9.99. The Hall–Kier alpha value is -2.00. The van der Waals surface area contributed by atoms with Crippen LogP contribution in [0.5, 0.6) is 11.5 Å². The largest absolute Gasteiger partial charge is 0.497 e. The zero-order valence-corrected chi connectivity index (χ0v) is 12.2. The lowest BCUT2D eigenvalue weighted by Crippen LogP contribution is -2.18. The van der Waals surface area contributed by atoms with Crippen molar-refractivity contribution in [2.75, 3.05) is 21.3 Å². The van der Waals surface area contributed by atoms with Gasteiger partial charge in [-0.3, -0.25) is 0 Å². The minimum Gasteiger partial charge on any atom is -0.497 e. The van der Waals surface area contributed by atoms with Crippen LogP contribution in [0, 0.1) is 0 Å². The van der Waals surface area contributed by atoms with Gasteiger partial charge in [0.2, 0.25) is 0 Å². The topological polar surface area (TPSA) is 30.5 Å². The molecule has 1 N–H and O–H groups in total. The molecule has 0 spiro atoms. The standard InChI is InChI=1S/C17H21NO2/c1-18-17(14-6-10-16(20-3)11-7-14)12-13-4-8-15(19-2)9-5-13/h4-11,17-18H,12H2,1-3H3/t17-/m1/s1. The van der Waals surface area contributed by atoms with E-state index in [9.17, 15) is 0 Å². The molecule has 2 rings (SSSR count). The molecule has 106 valence electrons. The molecule has 0 unspecified atom stereocenters. The molecule has 2 aromatic carbocycles. The average molecular weight is 271 g/mol. The van der Waals surface area contributed by atoms with E-state index in [0.717, 1.165) is 17.9 Å². The van der Waals surface area contributed by atoms with Gasteiger partial charge in [-0.2, -0.15) is 0 Å². The summed E-state index contributed by atoms with van der Waals surface area (Å²) >= 11 is 0. The minimum atomic E-state index is 0.286. The summed E-state index contributed by atoms with van der Waals surface area (Å²) in [5.74, 6) is 1.77. The zero-order chi connectivity index (χ0) is 14.4. The Morgan fingerprint density at radius 2 is 1.35 bits per heavy atom. The van der Waals surface area contributed by atoms with E-state index in [-0.39, 0.29) is 6.04 Å².